The van der Waals surface area contributed by atoms with Gasteiger partial charge in [-0.3, -0.25) is 9.69 Å². The molecule has 16 heavy (non-hydrogen) atoms. The number of ether oxygens (including phenoxy) is 1. The average molecular weight is 294 g/mol. The summed E-state index contributed by atoms with van der Waals surface area (Å²) >= 11 is 3.27. The molecule has 0 aliphatic carbocycles. The molecule has 0 aromatic heterocycles. The van der Waals surface area contributed by atoms with Gasteiger partial charge in [0.25, 0.3) is 0 Å². The summed E-state index contributed by atoms with van der Waals surface area (Å²) in [6.07, 6.45) is 0.0126. The first-order valence-corrected chi connectivity index (χ1v) is 6.15. The van der Waals surface area contributed by atoms with Crippen molar-refractivity contribution >= 4 is 27.9 Å². The third-order valence-corrected chi connectivity index (χ3v) is 3.37. The van der Waals surface area contributed by atoms with Crippen LogP contribution in [0.15, 0.2) is 0 Å². The minimum atomic E-state index is -0.841. The molecular weight excluding hydrogens is 278 g/mol. The molecule has 1 N–H and O–H groups in total. The molecule has 0 bridgehead atoms. The van der Waals surface area contributed by atoms with Crippen LogP contribution in [0.4, 0.5) is 0 Å². The number of halogens is 1. The second-order valence-electron chi connectivity index (χ2n) is 3.93. The van der Waals surface area contributed by atoms with Crippen molar-refractivity contribution in [3.8, 4) is 0 Å². The quantitative estimate of drug-likeness (QED) is 0.460. The third kappa shape index (κ3) is 3.02. The fourth-order valence-electron chi connectivity index (χ4n) is 1.70. The third-order valence-electron chi connectivity index (χ3n) is 2.54. The van der Waals surface area contributed by atoms with E-state index in [1.54, 1.807) is 11.9 Å². The largest absolute Gasteiger partial charge is 0.392 e. The predicted molar refractivity (Wildman–Crippen MR) is 61.1 cm³/mol. The Kier molecular flexibility index (Phi) is 4.89. The van der Waals surface area contributed by atoms with Gasteiger partial charge in [-0.25, -0.2) is 4.79 Å². The van der Waals surface area contributed by atoms with E-state index in [-0.39, 0.29) is 11.2 Å². The maximum Gasteiger partial charge on any atom is 0.333 e. The molecule has 1 fully saturated rings. The Hall–Kier alpha value is -0.460. The monoisotopic (exact) mass is 293 g/mol. The summed E-state index contributed by atoms with van der Waals surface area (Å²) in [7, 11) is 1.71. The second kappa shape index (κ2) is 5.75. The van der Waals surface area contributed by atoms with Crippen molar-refractivity contribution in [3.05, 3.63) is 0 Å². The minimum absolute atomic E-state index is 0.170. The summed E-state index contributed by atoms with van der Waals surface area (Å²) in [6.45, 7) is 2.37. The maximum atomic E-state index is 11.6. The Morgan fingerprint density at radius 1 is 1.56 bits per heavy atom. The van der Waals surface area contributed by atoms with Crippen LogP contribution in [0.25, 0.3) is 0 Å². The number of likely N-dealkylation sites (tertiary alicyclic amines) is 1. The number of carbonyl (C=O) groups is 2. The van der Waals surface area contributed by atoms with Crippen molar-refractivity contribution in [2.75, 3.05) is 13.6 Å². The fraction of sp³-hybridized carbons (Fsp3) is 0.800. The molecule has 0 aromatic carbocycles. The van der Waals surface area contributed by atoms with Crippen molar-refractivity contribution in [2.24, 2.45) is 0 Å². The van der Waals surface area contributed by atoms with Crippen LogP contribution in [-0.2, 0) is 14.3 Å². The molecule has 2 unspecified atom stereocenters. The van der Waals surface area contributed by atoms with Gasteiger partial charge in [0.2, 0.25) is 0 Å². The number of alkyl halides is 1. The Bertz CT molecular complexity index is 284. The van der Waals surface area contributed by atoms with Gasteiger partial charge in [-0.2, -0.15) is 0 Å². The number of aliphatic hydroxyl groups is 1. The van der Waals surface area contributed by atoms with Gasteiger partial charge in [0.15, 0.2) is 0 Å². The molecular formula is C10H16BrNO4. The number of likely N-dealkylation sites (N-methyl/N-ethyl adjacent to an activating group) is 1. The van der Waals surface area contributed by atoms with E-state index in [1.807, 2.05) is 6.92 Å². The highest BCUT2D eigenvalue weighted by Crippen LogP contribution is 2.23. The molecule has 5 nitrogen and oxygen atoms in total. The van der Waals surface area contributed by atoms with Crippen molar-refractivity contribution in [1.82, 2.24) is 4.90 Å². The van der Waals surface area contributed by atoms with Crippen LogP contribution in [0.3, 0.4) is 0 Å². The highest BCUT2D eigenvalue weighted by molar-refractivity contribution is 9.09. The summed E-state index contributed by atoms with van der Waals surface area (Å²) < 4.78 is 4.66. The van der Waals surface area contributed by atoms with E-state index in [9.17, 15) is 14.7 Å². The van der Waals surface area contributed by atoms with Gasteiger partial charge < -0.3 is 9.84 Å². The summed E-state index contributed by atoms with van der Waals surface area (Å²) in [5, 5.41) is 9.74. The Balaban J connectivity index is 2.57. The van der Waals surface area contributed by atoms with E-state index >= 15 is 0 Å². The number of rotatable bonds is 3. The van der Waals surface area contributed by atoms with Crippen molar-refractivity contribution < 1.29 is 19.4 Å². The topological polar surface area (TPSA) is 66.8 Å². The second-order valence-corrected chi connectivity index (χ2v) is 5.11. The van der Waals surface area contributed by atoms with E-state index in [4.69, 9.17) is 0 Å². The van der Waals surface area contributed by atoms with E-state index < -0.39 is 24.1 Å². The number of nitrogens with zero attached hydrogens (tertiary/aromatic N) is 1. The minimum Gasteiger partial charge on any atom is -0.392 e. The van der Waals surface area contributed by atoms with Crippen molar-refractivity contribution in [1.29, 1.82) is 0 Å². The molecule has 0 saturated carbocycles. The van der Waals surface area contributed by atoms with Crippen LogP contribution in [0, 0.1) is 0 Å². The molecule has 1 aliphatic heterocycles. The molecule has 0 aromatic rings. The summed E-state index contributed by atoms with van der Waals surface area (Å²) in [5.74, 6) is -1.21. The lowest BCUT2D eigenvalue weighted by Gasteiger charge is -2.19. The van der Waals surface area contributed by atoms with Crippen LogP contribution in [0.1, 0.15) is 19.8 Å². The Morgan fingerprint density at radius 3 is 2.62 bits per heavy atom. The first kappa shape index (κ1) is 13.6. The zero-order chi connectivity index (χ0) is 12.3. The lowest BCUT2D eigenvalue weighted by molar-refractivity contribution is -0.164. The smallest absolute Gasteiger partial charge is 0.333 e. The SMILES string of the molecule is CCCC(=O)OC(=O)[C@@H]1C(O)C(Br)CN1C. The number of hydrogen-bond donors (Lipinski definition) is 1. The molecule has 0 amide bonds. The molecule has 0 radical (unpaired) electrons. The summed E-state index contributed by atoms with van der Waals surface area (Å²) in [5.41, 5.74) is 0. The van der Waals surface area contributed by atoms with E-state index in [0.717, 1.165) is 0 Å². The normalized spacial score (nSPS) is 30.4. The fourth-order valence-corrected chi connectivity index (χ4v) is 2.45. The van der Waals surface area contributed by atoms with Gasteiger partial charge >= 0.3 is 11.9 Å². The zero-order valence-electron chi connectivity index (χ0n) is 9.35. The van der Waals surface area contributed by atoms with E-state index in [1.165, 1.54) is 0 Å². The van der Waals surface area contributed by atoms with Crippen LogP contribution in [0.2, 0.25) is 0 Å². The van der Waals surface area contributed by atoms with Crippen molar-refractivity contribution in [3.63, 3.8) is 0 Å². The lowest BCUT2D eigenvalue weighted by atomic mass is 10.2. The van der Waals surface area contributed by atoms with Crippen LogP contribution < -0.4 is 0 Å². The molecule has 1 heterocycles. The van der Waals surface area contributed by atoms with Crippen LogP contribution in [0.5, 0.6) is 0 Å². The zero-order valence-corrected chi connectivity index (χ0v) is 10.9. The highest BCUT2D eigenvalue weighted by Gasteiger charge is 2.43. The van der Waals surface area contributed by atoms with E-state index in [0.29, 0.717) is 13.0 Å². The molecule has 3 atom stereocenters. The number of hydrogen-bond acceptors (Lipinski definition) is 5. The first-order valence-electron chi connectivity index (χ1n) is 5.24. The van der Waals surface area contributed by atoms with Crippen LogP contribution >= 0.6 is 15.9 Å². The number of esters is 2. The van der Waals surface area contributed by atoms with Gasteiger partial charge in [-0.15, -0.1) is 0 Å². The van der Waals surface area contributed by atoms with Gasteiger partial charge in [-0.05, 0) is 13.5 Å². The highest BCUT2D eigenvalue weighted by atomic mass is 79.9. The first-order chi connectivity index (χ1) is 7.47. The molecule has 1 saturated heterocycles. The number of carbonyl (C=O) groups excluding carboxylic acids is 2. The summed E-state index contributed by atoms with van der Waals surface area (Å²) in [6, 6.07) is -0.759. The van der Waals surface area contributed by atoms with Gasteiger partial charge in [0.05, 0.1) is 10.9 Å². The van der Waals surface area contributed by atoms with Gasteiger partial charge in [0, 0.05) is 13.0 Å². The van der Waals surface area contributed by atoms with Crippen molar-refractivity contribution in [2.45, 2.75) is 36.7 Å². The molecule has 1 rings (SSSR count). The number of aliphatic hydroxyl groups excluding tert-OH is 1. The van der Waals surface area contributed by atoms with Gasteiger partial charge in [0.1, 0.15) is 6.04 Å². The standard InChI is InChI=1S/C10H16BrNO4/c1-3-4-7(13)16-10(15)8-9(14)6(11)5-12(8)2/h6,8-9,14H,3-5H2,1-2H3/t6?,8-,9?/m0/s1. The van der Waals surface area contributed by atoms with E-state index in [2.05, 4.69) is 20.7 Å². The summed E-state index contributed by atoms with van der Waals surface area (Å²) in [4.78, 5) is 24.3. The van der Waals surface area contributed by atoms with Crippen LogP contribution in [-0.4, -0.2) is 52.5 Å². The van der Waals surface area contributed by atoms with Gasteiger partial charge in [-0.1, -0.05) is 22.9 Å². The molecule has 0 spiro atoms. The predicted octanol–water partition coefficient (Wildman–Crippen LogP) is 0.295. The lowest BCUT2D eigenvalue weighted by Crippen LogP contribution is -2.42. The molecule has 1 aliphatic rings. The maximum absolute atomic E-state index is 11.6. The average Bonchev–Trinajstić information content (AvgIpc) is 2.41. The Labute approximate surface area is 103 Å². The molecule has 6 heteroatoms. The molecule has 92 valence electrons. The Morgan fingerprint density at radius 2 is 2.19 bits per heavy atom.